The SMILES string of the molecule is CNC(CSC1CCCC1)C1CCCOC1. The molecule has 2 atom stereocenters. The maximum atomic E-state index is 5.59. The van der Waals surface area contributed by atoms with Crippen LogP contribution in [0.25, 0.3) is 0 Å². The third-order valence-electron chi connectivity index (χ3n) is 3.95. The van der Waals surface area contributed by atoms with E-state index in [1.165, 1.54) is 44.3 Å². The second-order valence-electron chi connectivity index (χ2n) is 5.11. The molecule has 2 aliphatic rings. The molecule has 2 fully saturated rings. The Kier molecular flexibility index (Phi) is 5.46. The van der Waals surface area contributed by atoms with Crippen LogP contribution in [0.4, 0.5) is 0 Å². The van der Waals surface area contributed by atoms with Crippen LogP contribution in [-0.2, 0) is 4.74 Å². The molecular formula is C13H25NOS. The fourth-order valence-electron chi connectivity index (χ4n) is 2.83. The van der Waals surface area contributed by atoms with Crippen molar-refractivity contribution in [1.29, 1.82) is 0 Å². The lowest BCUT2D eigenvalue weighted by Gasteiger charge is -2.30. The molecule has 2 nitrogen and oxygen atoms in total. The first-order valence-corrected chi connectivity index (χ1v) is 7.81. The maximum absolute atomic E-state index is 5.59. The molecule has 0 aromatic carbocycles. The Morgan fingerprint density at radius 1 is 1.25 bits per heavy atom. The quantitative estimate of drug-likeness (QED) is 0.802. The lowest BCUT2D eigenvalue weighted by molar-refractivity contribution is 0.0437. The second kappa shape index (κ2) is 6.87. The van der Waals surface area contributed by atoms with Gasteiger partial charge < -0.3 is 10.1 Å². The molecule has 1 heterocycles. The van der Waals surface area contributed by atoms with Crippen LogP contribution >= 0.6 is 11.8 Å². The predicted octanol–water partition coefficient (Wildman–Crippen LogP) is 2.68. The van der Waals surface area contributed by atoms with Gasteiger partial charge in [0, 0.05) is 23.7 Å². The number of rotatable bonds is 5. The highest BCUT2D eigenvalue weighted by Crippen LogP contribution is 2.31. The van der Waals surface area contributed by atoms with Crippen molar-refractivity contribution in [2.75, 3.05) is 26.0 Å². The van der Waals surface area contributed by atoms with E-state index >= 15 is 0 Å². The zero-order valence-electron chi connectivity index (χ0n) is 10.4. The average Bonchev–Trinajstić information content (AvgIpc) is 2.84. The van der Waals surface area contributed by atoms with E-state index in [2.05, 4.69) is 24.1 Å². The Labute approximate surface area is 104 Å². The molecule has 1 N–H and O–H groups in total. The van der Waals surface area contributed by atoms with Gasteiger partial charge in [-0.15, -0.1) is 0 Å². The van der Waals surface area contributed by atoms with Crippen molar-refractivity contribution in [2.45, 2.75) is 49.8 Å². The largest absolute Gasteiger partial charge is 0.381 e. The summed E-state index contributed by atoms with van der Waals surface area (Å²) in [7, 11) is 2.11. The van der Waals surface area contributed by atoms with Gasteiger partial charge in [-0.3, -0.25) is 0 Å². The molecule has 1 saturated heterocycles. The van der Waals surface area contributed by atoms with E-state index in [9.17, 15) is 0 Å². The average molecular weight is 243 g/mol. The molecule has 0 spiro atoms. The Hall–Kier alpha value is 0.270. The van der Waals surface area contributed by atoms with Crippen LogP contribution in [0.3, 0.4) is 0 Å². The first-order chi connectivity index (χ1) is 7.90. The summed E-state index contributed by atoms with van der Waals surface area (Å²) >= 11 is 2.19. The van der Waals surface area contributed by atoms with Crippen molar-refractivity contribution in [2.24, 2.45) is 5.92 Å². The second-order valence-corrected chi connectivity index (χ2v) is 6.45. The first-order valence-electron chi connectivity index (χ1n) is 6.76. The van der Waals surface area contributed by atoms with Gasteiger partial charge in [-0.25, -0.2) is 0 Å². The summed E-state index contributed by atoms with van der Waals surface area (Å²) < 4.78 is 5.59. The maximum Gasteiger partial charge on any atom is 0.0509 e. The van der Waals surface area contributed by atoms with E-state index in [1.54, 1.807) is 0 Å². The lowest BCUT2D eigenvalue weighted by Crippen LogP contribution is -2.40. The number of hydrogen-bond acceptors (Lipinski definition) is 3. The molecule has 1 aliphatic carbocycles. The highest BCUT2D eigenvalue weighted by Gasteiger charge is 2.24. The van der Waals surface area contributed by atoms with Gasteiger partial charge in [-0.05, 0) is 38.6 Å². The molecule has 2 unspecified atom stereocenters. The fourth-order valence-corrected chi connectivity index (χ4v) is 4.42. The molecule has 0 aromatic rings. The molecule has 0 bridgehead atoms. The smallest absolute Gasteiger partial charge is 0.0509 e. The van der Waals surface area contributed by atoms with E-state index in [1.807, 2.05) is 0 Å². The molecule has 1 aliphatic heterocycles. The highest BCUT2D eigenvalue weighted by molar-refractivity contribution is 7.99. The summed E-state index contributed by atoms with van der Waals surface area (Å²) in [4.78, 5) is 0. The van der Waals surface area contributed by atoms with Crippen LogP contribution < -0.4 is 5.32 Å². The third kappa shape index (κ3) is 3.64. The molecule has 16 heavy (non-hydrogen) atoms. The Balaban J connectivity index is 1.70. The molecule has 2 rings (SSSR count). The van der Waals surface area contributed by atoms with E-state index in [4.69, 9.17) is 4.74 Å². The summed E-state index contributed by atoms with van der Waals surface area (Å²) in [5, 5.41) is 4.44. The van der Waals surface area contributed by atoms with Crippen LogP contribution in [0.15, 0.2) is 0 Å². The number of thioether (sulfide) groups is 1. The minimum absolute atomic E-state index is 0.658. The molecular weight excluding hydrogens is 218 g/mol. The standard InChI is InChI=1S/C13H25NOS/c1-14-13(11-5-4-8-15-9-11)10-16-12-6-2-3-7-12/h11-14H,2-10H2,1H3. The first kappa shape index (κ1) is 12.7. The molecule has 0 amide bonds. The van der Waals surface area contributed by atoms with Crippen LogP contribution in [0.2, 0.25) is 0 Å². The van der Waals surface area contributed by atoms with Crippen molar-refractivity contribution in [1.82, 2.24) is 5.32 Å². The Morgan fingerprint density at radius 3 is 2.69 bits per heavy atom. The van der Waals surface area contributed by atoms with Crippen molar-refractivity contribution < 1.29 is 4.74 Å². The van der Waals surface area contributed by atoms with Gasteiger partial charge >= 0.3 is 0 Å². The predicted molar refractivity (Wildman–Crippen MR) is 71.1 cm³/mol. The van der Waals surface area contributed by atoms with Crippen LogP contribution in [-0.4, -0.2) is 37.3 Å². The minimum Gasteiger partial charge on any atom is -0.381 e. The van der Waals surface area contributed by atoms with Gasteiger partial charge in [0.1, 0.15) is 0 Å². The van der Waals surface area contributed by atoms with Crippen molar-refractivity contribution in [3.63, 3.8) is 0 Å². The van der Waals surface area contributed by atoms with Crippen LogP contribution in [0, 0.1) is 5.92 Å². The molecule has 3 heteroatoms. The molecule has 1 saturated carbocycles. The zero-order valence-corrected chi connectivity index (χ0v) is 11.2. The Bertz CT molecular complexity index is 188. The summed E-state index contributed by atoms with van der Waals surface area (Å²) in [6.07, 6.45) is 8.39. The molecule has 94 valence electrons. The van der Waals surface area contributed by atoms with Crippen LogP contribution in [0.5, 0.6) is 0 Å². The summed E-state index contributed by atoms with van der Waals surface area (Å²) in [5.41, 5.74) is 0. The van der Waals surface area contributed by atoms with Gasteiger partial charge in [-0.1, -0.05) is 12.8 Å². The van der Waals surface area contributed by atoms with Gasteiger partial charge in [0.2, 0.25) is 0 Å². The summed E-state index contributed by atoms with van der Waals surface area (Å²) in [5.74, 6) is 2.02. The van der Waals surface area contributed by atoms with Gasteiger partial charge in [-0.2, -0.15) is 11.8 Å². The van der Waals surface area contributed by atoms with Gasteiger partial charge in [0.05, 0.1) is 6.61 Å². The highest BCUT2D eigenvalue weighted by atomic mass is 32.2. The van der Waals surface area contributed by atoms with E-state index in [-0.39, 0.29) is 0 Å². The topological polar surface area (TPSA) is 21.3 Å². The summed E-state index contributed by atoms with van der Waals surface area (Å²) in [6.45, 7) is 1.94. The zero-order chi connectivity index (χ0) is 11.2. The van der Waals surface area contributed by atoms with Crippen molar-refractivity contribution in [3.05, 3.63) is 0 Å². The van der Waals surface area contributed by atoms with E-state index < -0.39 is 0 Å². The molecule has 0 aromatic heterocycles. The third-order valence-corrected chi connectivity index (χ3v) is 5.44. The van der Waals surface area contributed by atoms with E-state index in [0.717, 1.165) is 24.4 Å². The van der Waals surface area contributed by atoms with Crippen molar-refractivity contribution >= 4 is 11.8 Å². The molecule has 0 radical (unpaired) electrons. The Morgan fingerprint density at radius 2 is 2.06 bits per heavy atom. The van der Waals surface area contributed by atoms with Gasteiger partial charge in [0.15, 0.2) is 0 Å². The summed E-state index contributed by atoms with van der Waals surface area (Å²) in [6, 6.07) is 0.658. The fraction of sp³-hybridized carbons (Fsp3) is 1.00. The number of hydrogen-bond donors (Lipinski definition) is 1. The van der Waals surface area contributed by atoms with Crippen molar-refractivity contribution in [3.8, 4) is 0 Å². The normalized spacial score (nSPS) is 29.4. The monoisotopic (exact) mass is 243 g/mol. The van der Waals surface area contributed by atoms with E-state index in [0.29, 0.717) is 6.04 Å². The lowest BCUT2D eigenvalue weighted by atomic mass is 9.95. The minimum atomic E-state index is 0.658. The number of ether oxygens (including phenoxy) is 1. The van der Waals surface area contributed by atoms with Gasteiger partial charge in [0.25, 0.3) is 0 Å². The number of nitrogens with one attached hydrogen (secondary N) is 1. The van der Waals surface area contributed by atoms with Crippen LogP contribution in [0.1, 0.15) is 38.5 Å².